The van der Waals surface area contributed by atoms with E-state index in [0.29, 0.717) is 24.7 Å². The van der Waals surface area contributed by atoms with Gasteiger partial charge in [-0.1, -0.05) is 19.3 Å². The Bertz CT molecular complexity index is 1090. The molecule has 0 aromatic carbocycles. The normalized spacial score (nSPS) is 24.3. The molecule has 6 rings (SSSR count). The van der Waals surface area contributed by atoms with Crippen molar-refractivity contribution in [3.63, 3.8) is 0 Å². The van der Waals surface area contributed by atoms with E-state index >= 15 is 0 Å². The number of pyridine rings is 1. The number of rotatable bonds is 5. The highest BCUT2D eigenvalue weighted by Crippen LogP contribution is 2.44. The molecule has 1 spiro atoms. The van der Waals surface area contributed by atoms with Crippen molar-refractivity contribution in [1.29, 1.82) is 0 Å². The molecular formula is C26H36N8O2. The first-order chi connectivity index (χ1) is 17.5. The molecule has 2 saturated heterocycles. The van der Waals surface area contributed by atoms with E-state index in [1.165, 1.54) is 19.3 Å². The minimum atomic E-state index is -0.295. The molecule has 5 heterocycles. The zero-order chi connectivity index (χ0) is 24.7. The van der Waals surface area contributed by atoms with Gasteiger partial charge in [-0.15, -0.1) is 0 Å². The predicted octanol–water partition coefficient (Wildman–Crippen LogP) is 1.68. The Hall–Kier alpha value is -2.98. The summed E-state index contributed by atoms with van der Waals surface area (Å²) in [5.41, 5.74) is 2.10. The minimum absolute atomic E-state index is 0.0349. The summed E-state index contributed by atoms with van der Waals surface area (Å²) in [6.45, 7) is 6.96. The van der Waals surface area contributed by atoms with E-state index in [9.17, 15) is 9.90 Å². The van der Waals surface area contributed by atoms with E-state index in [4.69, 9.17) is 4.98 Å². The number of nitrogens with zero attached hydrogens (tertiary/aromatic N) is 6. The standard InChI is InChI=1S/C26H36N8O2/c1-18(35)16-32-9-11-33(12-10-32)20-5-6-22(27-15-20)30-25-28-14-19-13-21-24(36)29-17-26(7-3-2-4-8-26)34(21)23(19)31-25/h5-6,14-15,18,21,35H,2-4,7-13,16-17H2,1H3,(H,29,36)(H,27,28,30,31)/t18-,21?/m1/s1. The van der Waals surface area contributed by atoms with Crippen LogP contribution in [0.3, 0.4) is 0 Å². The topological polar surface area (TPSA) is 110 Å². The number of piperazine rings is 2. The van der Waals surface area contributed by atoms with Crippen molar-refractivity contribution in [2.24, 2.45) is 0 Å². The molecule has 1 saturated carbocycles. The number of amides is 1. The van der Waals surface area contributed by atoms with Crippen molar-refractivity contribution in [3.8, 4) is 0 Å². The van der Waals surface area contributed by atoms with Gasteiger partial charge in [-0.25, -0.2) is 9.97 Å². The largest absolute Gasteiger partial charge is 0.392 e. The number of hydrogen-bond donors (Lipinski definition) is 3. The Labute approximate surface area is 212 Å². The smallest absolute Gasteiger partial charge is 0.243 e. The lowest BCUT2D eigenvalue weighted by Gasteiger charge is -2.51. The fraction of sp³-hybridized carbons (Fsp3) is 0.615. The Morgan fingerprint density at radius 1 is 1.14 bits per heavy atom. The number of aliphatic hydroxyl groups is 1. The van der Waals surface area contributed by atoms with Gasteiger partial charge in [0.25, 0.3) is 0 Å². The van der Waals surface area contributed by atoms with Gasteiger partial charge >= 0.3 is 0 Å². The molecule has 36 heavy (non-hydrogen) atoms. The number of carbonyl (C=O) groups excluding carboxylic acids is 1. The summed E-state index contributed by atoms with van der Waals surface area (Å²) in [7, 11) is 0. The molecule has 1 unspecified atom stereocenters. The van der Waals surface area contributed by atoms with Crippen molar-refractivity contribution >= 4 is 29.2 Å². The van der Waals surface area contributed by atoms with Crippen molar-refractivity contribution in [2.45, 2.75) is 63.1 Å². The van der Waals surface area contributed by atoms with Gasteiger partial charge in [0.15, 0.2) is 0 Å². The predicted molar refractivity (Wildman–Crippen MR) is 139 cm³/mol. The lowest BCUT2D eigenvalue weighted by molar-refractivity contribution is -0.124. The van der Waals surface area contributed by atoms with Crippen LogP contribution in [0.2, 0.25) is 0 Å². The molecule has 192 valence electrons. The first-order valence-corrected chi connectivity index (χ1v) is 13.3. The zero-order valence-electron chi connectivity index (χ0n) is 21.0. The number of hydrogen-bond acceptors (Lipinski definition) is 9. The fourth-order valence-corrected chi connectivity index (χ4v) is 6.43. The van der Waals surface area contributed by atoms with Crippen LogP contribution in [0.15, 0.2) is 24.5 Å². The van der Waals surface area contributed by atoms with E-state index < -0.39 is 0 Å². The molecule has 0 bridgehead atoms. The van der Waals surface area contributed by atoms with Crippen LogP contribution in [0.4, 0.5) is 23.3 Å². The summed E-state index contributed by atoms with van der Waals surface area (Å²) < 4.78 is 0. The third kappa shape index (κ3) is 4.37. The Balaban J connectivity index is 1.16. The number of anilines is 4. The van der Waals surface area contributed by atoms with Crippen molar-refractivity contribution in [1.82, 2.24) is 25.2 Å². The second-order valence-electron chi connectivity index (χ2n) is 10.8. The van der Waals surface area contributed by atoms with Crippen LogP contribution in [-0.2, 0) is 11.2 Å². The lowest BCUT2D eigenvalue weighted by Crippen LogP contribution is -2.67. The van der Waals surface area contributed by atoms with E-state index in [2.05, 4.69) is 41.4 Å². The van der Waals surface area contributed by atoms with Crippen LogP contribution in [0, 0.1) is 0 Å². The molecule has 10 nitrogen and oxygen atoms in total. The second-order valence-corrected chi connectivity index (χ2v) is 10.8. The molecule has 3 N–H and O–H groups in total. The third-order valence-corrected chi connectivity index (χ3v) is 8.23. The van der Waals surface area contributed by atoms with E-state index in [1.54, 1.807) is 0 Å². The van der Waals surface area contributed by atoms with Gasteiger partial charge in [-0.3, -0.25) is 9.69 Å². The van der Waals surface area contributed by atoms with Gasteiger partial charge in [0.1, 0.15) is 17.7 Å². The monoisotopic (exact) mass is 492 g/mol. The number of β-amino-alcohol motifs (C(OH)–C–C–N with tert-alkyl or cyclic N) is 1. The zero-order valence-corrected chi connectivity index (χ0v) is 21.0. The molecule has 3 fully saturated rings. The maximum atomic E-state index is 12.7. The maximum absolute atomic E-state index is 12.7. The summed E-state index contributed by atoms with van der Waals surface area (Å²) >= 11 is 0. The van der Waals surface area contributed by atoms with Gasteiger partial charge in [0.2, 0.25) is 11.9 Å². The third-order valence-electron chi connectivity index (χ3n) is 8.23. The molecule has 3 aliphatic heterocycles. The number of aromatic nitrogens is 3. The molecule has 10 heteroatoms. The molecule has 4 aliphatic rings. The van der Waals surface area contributed by atoms with Crippen LogP contribution in [-0.4, -0.2) is 87.8 Å². The Kier molecular flexibility index (Phi) is 6.17. The number of nitrogens with one attached hydrogen (secondary N) is 2. The van der Waals surface area contributed by atoms with Crippen molar-refractivity contribution in [2.75, 3.05) is 54.4 Å². The molecular weight excluding hydrogens is 456 g/mol. The number of carbonyl (C=O) groups is 1. The van der Waals surface area contributed by atoms with E-state index in [1.807, 2.05) is 25.4 Å². The van der Waals surface area contributed by atoms with Crippen LogP contribution in [0.5, 0.6) is 0 Å². The Morgan fingerprint density at radius 2 is 1.94 bits per heavy atom. The average Bonchev–Trinajstić information content (AvgIpc) is 3.28. The van der Waals surface area contributed by atoms with Crippen LogP contribution in [0.1, 0.15) is 44.6 Å². The van der Waals surface area contributed by atoms with Gasteiger partial charge in [0, 0.05) is 57.4 Å². The maximum Gasteiger partial charge on any atom is 0.243 e. The Morgan fingerprint density at radius 3 is 2.67 bits per heavy atom. The molecule has 2 aromatic rings. The van der Waals surface area contributed by atoms with Crippen LogP contribution in [0.25, 0.3) is 0 Å². The number of fused-ring (bicyclic) bond motifs is 4. The minimum Gasteiger partial charge on any atom is -0.392 e. The molecule has 2 atom stereocenters. The van der Waals surface area contributed by atoms with Gasteiger partial charge < -0.3 is 25.5 Å². The van der Waals surface area contributed by atoms with Crippen LogP contribution < -0.4 is 20.4 Å². The lowest BCUT2D eigenvalue weighted by atomic mass is 9.78. The number of aliphatic hydroxyl groups excluding tert-OH is 1. The molecule has 0 radical (unpaired) electrons. The summed E-state index contributed by atoms with van der Waals surface area (Å²) in [6.07, 6.45) is 9.95. The summed E-state index contributed by atoms with van der Waals surface area (Å²) in [5.74, 6) is 2.21. The summed E-state index contributed by atoms with van der Waals surface area (Å²) in [4.78, 5) is 33.8. The van der Waals surface area contributed by atoms with Crippen molar-refractivity contribution in [3.05, 3.63) is 30.1 Å². The molecule has 1 amide bonds. The molecule has 1 aliphatic carbocycles. The second kappa shape index (κ2) is 9.48. The first kappa shape index (κ1) is 23.4. The molecule has 2 aromatic heterocycles. The van der Waals surface area contributed by atoms with Crippen molar-refractivity contribution < 1.29 is 9.90 Å². The first-order valence-electron chi connectivity index (χ1n) is 13.3. The van der Waals surface area contributed by atoms with E-state index in [-0.39, 0.29) is 23.6 Å². The fourth-order valence-electron chi connectivity index (χ4n) is 6.43. The summed E-state index contributed by atoms with van der Waals surface area (Å²) in [5, 5.41) is 16.1. The highest BCUT2D eigenvalue weighted by molar-refractivity contribution is 5.90. The van der Waals surface area contributed by atoms with Gasteiger partial charge in [-0.2, -0.15) is 4.98 Å². The average molecular weight is 493 g/mol. The highest BCUT2D eigenvalue weighted by atomic mass is 16.3. The van der Waals surface area contributed by atoms with Gasteiger partial charge in [0.05, 0.1) is 23.5 Å². The van der Waals surface area contributed by atoms with Crippen LogP contribution >= 0.6 is 0 Å². The van der Waals surface area contributed by atoms with Gasteiger partial charge in [-0.05, 0) is 31.9 Å². The highest BCUT2D eigenvalue weighted by Gasteiger charge is 2.51. The quantitative estimate of drug-likeness (QED) is 0.574. The summed E-state index contributed by atoms with van der Waals surface area (Å²) in [6, 6.07) is 3.86. The van der Waals surface area contributed by atoms with E-state index in [0.717, 1.165) is 62.6 Å². The SMILES string of the molecule is C[C@@H](O)CN1CCN(c2ccc(Nc3ncc4c(n3)N3C(C4)C(=O)NCC34CCCCC4)nc2)CC1.